The summed E-state index contributed by atoms with van der Waals surface area (Å²) in [5.74, 6) is -0.254. The number of nitrogen functional groups attached to an aromatic ring is 1. The van der Waals surface area contributed by atoms with Crippen LogP contribution in [0.5, 0.6) is 0 Å². The van der Waals surface area contributed by atoms with Crippen molar-refractivity contribution in [2.24, 2.45) is 0 Å². The Morgan fingerprint density at radius 3 is 2.83 bits per heavy atom. The lowest BCUT2D eigenvalue weighted by Crippen LogP contribution is -2.21. The van der Waals surface area contributed by atoms with E-state index in [-0.39, 0.29) is 11.6 Å². The number of anilines is 1. The summed E-state index contributed by atoms with van der Waals surface area (Å²) in [7, 11) is 1.55. The number of pyridine rings is 1. The lowest BCUT2D eigenvalue weighted by molar-refractivity contribution is 0.0959. The number of hydrogen-bond donors (Lipinski definition) is 2. The summed E-state index contributed by atoms with van der Waals surface area (Å²) < 4.78 is 0. The van der Waals surface area contributed by atoms with Crippen LogP contribution in [-0.2, 0) is 0 Å². The van der Waals surface area contributed by atoms with E-state index in [2.05, 4.69) is 10.3 Å². The number of hydrogen-bond acceptors (Lipinski definition) is 3. The van der Waals surface area contributed by atoms with Crippen molar-refractivity contribution in [3.05, 3.63) is 23.5 Å². The Bertz CT molecular complexity index is 309. The summed E-state index contributed by atoms with van der Waals surface area (Å²) in [4.78, 5) is 15.1. The maximum absolute atomic E-state index is 11.1. The third-order valence-corrected chi connectivity index (χ3v) is 1.51. The Morgan fingerprint density at radius 1 is 1.58 bits per heavy atom. The fraction of sp³-hybridized carbons (Fsp3) is 0.250. The van der Waals surface area contributed by atoms with Crippen molar-refractivity contribution in [1.82, 2.24) is 10.3 Å². The van der Waals surface area contributed by atoms with Crippen LogP contribution in [0.1, 0.15) is 16.2 Å². The largest absolute Gasteiger partial charge is 0.397 e. The minimum absolute atomic E-state index is 0.254. The van der Waals surface area contributed by atoms with Crippen LogP contribution in [0.25, 0.3) is 0 Å². The molecule has 0 bridgehead atoms. The molecule has 0 aliphatic heterocycles. The van der Waals surface area contributed by atoms with Gasteiger partial charge in [-0.1, -0.05) is 0 Å². The molecule has 0 aliphatic carbocycles. The first kappa shape index (κ1) is 8.52. The van der Waals surface area contributed by atoms with Gasteiger partial charge in [0.05, 0.1) is 5.69 Å². The highest BCUT2D eigenvalue weighted by Gasteiger charge is 2.08. The maximum Gasteiger partial charge on any atom is 0.271 e. The topological polar surface area (TPSA) is 68.0 Å². The van der Waals surface area contributed by atoms with E-state index in [9.17, 15) is 4.79 Å². The minimum Gasteiger partial charge on any atom is -0.397 e. The number of nitrogens with zero attached hydrogens (tertiary/aromatic N) is 1. The predicted octanol–water partition coefficient (Wildman–Crippen LogP) is 0.332. The van der Waals surface area contributed by atoms with Gasteiger partial charge in [0.15, 0.2) is 5.69 Å². The highest BCUT2D eigenvalue weighted by atomic mass is 16.1. The number of nitrogens with two attached hydrogens (primary N) is 1. The van der Waals surface area contributed by atoms with E-state index >= 15 is 0 Å². The molecule has 1 aromatic heterocycles. The highest BCUT2D eigenvalue weighted by Crippen LogP contribution is 2.08. The van der Waals surface area contributed by atoms with E-state index in [0.29, 0.717) is 5.69 Å². The molecule has 3 N–H and O–H groups in total. The van der Waals surface area contributed by atoms with Gasteiger partial charge in [0.1, 0.15) is 0 Å². The van der Waals surface area contributed by atoms with Crippen molar-refractivity contribution < 1.29 is 4.79 Å². The van der Waals surface area contributed by atoms with Crippen LogP contribution in [0.2, 0.25) is 0 Å². The molecular weight excluding hydrogens is 154 g/mol. The lowest BCUT2D eigenvalue weighted by Gasteiger charge is -2.03. The average Bonchev–Trinajstić information content (AvgIpc) is 2.08. The van der Waals surface area contributed by atoms with Crippen molar-refractivity contribution in [3.63, 3.8) is 0 Å². The first-order chi connectivity index (χ1) is 5.65. The molecule has 1 amide bonds. The minimum atomic E-state index is -0.254. The van der Waals surface area contributed by atoms with Crippen LogP contribution in [-0.4, -0.2) is 17.9 Å². The van der Waals surface area contributed by atoms with Crippen molar-refractivity contribution in [1.29, 1.82) is 0 Å². The third-order valence-electron chi connectivity index (χ3n) is 1.51. The van der Waals surface area contributed by atoms with Crippen LogP contribution < -0.4 is 11.1 Å². The molecular formula is C8H11N3O. The smallest absolute Gasteiger partial charge is 0.271 e. The molecule has 0 aliphatic rings. The first-order valence-corrected chi connectivity index (χ1v) is 3.60. The number of carbonyl (C=O) groups excluding carboxylic acids is 1. The van der Waals surface area contributed by atoms with Crippen LogP contribution in [0, 0.1) is 6.92 Å². The van der Waals surface area contributed by atoms with Crippen molar-refractivity contribution >= 4 is 11.6 Å². The standard InChI is InChI=1S/C8H11N3O/c1-5-3-4-6(9)7(11-5)8(12)10-2/h3-4H,9H2,1-2H3,(H,10,12). The molecule has 1 heterocycles. The van der Waals surface area contributed by atoms with E-state index in [1.54, 1.807) is 19.2 Å². The summed E-state index contributed by atoms with van der Waals surface area (Å²) in [6.07, 6.45) is 0. The molecule has 0 aromatic carbocycles. The second-order valence-electron chi connectivity index (χ2n) is 2.47. The maximum atomic E-state index is 11.1. The van der Waals surface area contributed by atoms with Gasteiger partial charge in [-0.25, -0.2) is 4.98 Å². The molecule has 0 atom stereocenters. The van der Waals surface area contributed by atoms with Gasteiger partial charge in [-0.3, -0.25) is 4.79 Å². The van der Waals surface area contributed by atoms with E-state index in [4.69, 9.17) is 5.73 Å². The lowest BCUT2D eigenvalue weighted by atomic mass is 10.2. The zero-order valence-corrected chi connectivity index (χ0v) is 7.09. The predicted molar refractivity (Wildman–Crippen MR) is 46.8 cm³/mol. The fourth-order valence-corrected chi connectivity index (χ4v) is 0.868. The summed E-state index contributed by atoms with van der Waals surface area (Å²) in [5.41, 5.74) is 7.02. The number of aryl methyl sites for hydroxylation is 1. The van der Waals surface area contributed by atoms with Crippen LogP contribution in [0.4, 0.5) is 5.69 Å². The molecule has 0 radical (unpaired) electrons. The summed E-state index contributed by atoms with van der Waals surface area (Å²) in [6, 6.07) is 3.44. The van der Waals surface area contributed by atoms with Crippen LogP contribution >= 0.6 is 0 Å². The van der Waals surface area contributed by atoms with E-state index < -0.39 is 0 Å². The second kappa shape index (κ2) is 3.21. The zero-order chi connectivity index (χ0) is 9.14. The molecule has 64 valence electrons. The quantitative estimate of drug-likeness (QED) is 0.630. The Balaban J connectivity index is 3.13. The number of aromatic nitrogens is 1. The Labute approximate surface area is 70.8 Å². The van der Waals surface area contributed by atoms with Gasteiger partial charge >= 0.3 is 0 Å². The molecule has 0 saturated heterocycles. The Kier molecular flexibility index (Phi) is 2.28. The molecule has 12 heavy (non-hydrogen) atoms. The second-order valence-corrected chi connectivity index (χ2v) is 2.47. The van der Waals surface area contributed by atoms with Gasteiger partial charge < -0.3 is 11.1 Å². The van der Waals surface area contributed by atoms with Gasteiger partial charge in [0.25, 0.3) is 5.91 Å². The Morgan fingerprint density at radius 2 is 2.25 bits per heavy atom. The SMILES string of the molecule is CNC(=O)c1nc(C)ccc1N. The molecule has 1 rings (SSSR count). The molecule has 4 heteroatoms. The van der Waals surface area contributed by atoms with E-state index in [1.807, 2.05) is 6.92 Å². The molecule has 0 saturated carbocycles. The number of rotatable bonds is 1. The number of amides is 1. The molecule has 0 spiro atoms. The first-order valence-electron chi connectivity index (χ1n) is 3.60. The van der Waals surface area contributed by atoms with Crippen LogP contribution in [0.15, 0.2) is 12.1 Å². The van der Waals surface area contributed by atoms with Gasteiger partial charge in [0, 0.05) is 12.7 Å². The fourth-order valence-electron chi connectivity index (χ4n) is 0.868. The number of carbonyl (C=O) groups is 1. The molecule has 0 unspecified atom stereocenters. The monoisotopic (exact) mass is 165 g/mol. The van der Waals surface area contributed by atoms with Crippen LogP contribution in [0.3, 0.4) is 0 Å². The van der Waals surface area contributed by atoms with Crippen molar-refractivity contribution in [3.8, 4) is 0 Å². The van der Waals surface area contributed by atoms with Gasteiger partial charge in [-0.05, 0) is 19.1 Å². The van der Waals surface area contributed by atoms with E-state index in [1.165, 1.54) is 0 Å². The third kappa shape index (κ3) is 1.53. The summed E-state index contributed by atoms with van der Waals surface area (Å²) in [5, 5.41) is 2.47. The van der Waals surface area contributed by atoms with Crippen molar-refractivity contribution in [2.45, 2.75) is 6.92 Å². The molecule has 4 nitrogen and oxygen atoms in total. The molecule has 1 aromatic rings. The van der Waals surface area contributed by atoms with Crippen molar-refractivity contribution in [2.75, 3.05) is 12.8 Å². The normalized spacial score (nSPS) is 9.50. The Hall–Kier alpha value is -1.58. The highest BCUT2D eigenvalue weighted by molar-refractivity contribution is 5.96. The van der Waals surface area contributed by atoms with E-state index in [0.717, 1.165) is 5.69 Å². The summed E-state index contributed by atoms with van der Waals surface area (Å²) in [6.45, 7) is 1.81. The summed E-state index contributed by atoms with van der Waals surface area (Å²) >= 11 is 0. The van der Waals surface area contributed by atoms with Gasteiger partial charge in [-0.15, -0.1) is 0 Å². The molecule has 0 fully saturated rings. The van der Waals surface area contributed by atoms with Gasteiger partial charge in [0.2, 0.25) is 0 Å². The van der Waals surface area contributed by atoms with Gasteiger partial charge in [-0.2, -0.15) is 0 Å². The zero-order valence-electron chi connectivity index (χ0n) is 7.09. The number of nitrogens with one attached hydrogen (secondary N) is 1. The average molecular weight is 165 g/mol.